The number of rotatable bonds is 2. The Bertz CT molecular complexity index is 585. The van der Waals surface area contributed by atoms with Crippen LogP contribution in [0.5, 0.6) is 5.75 Å². The molecule has 0 saturated carbocycles. The van der Waals surface area contributed by atoms with Crippen molar-refractivity contribution in [2.24, 2.45) is 0 Å². The van der Waals surface area contributed by atoms with Crippen molar-refractivity contribution < 1.29 is 9.90 Å². The largest absolute Gasteiger partial charge is 0.506 e. The highest BCUT2D eigenvalue weighted by atomic mass is 35.5. The fourth-order valence-electron chi connectivity index (χ4n) is 1.46. The average Bonchev–Trinajstić information content (AvgIpc) is 2.37. The van der Waals surface area contributed by atoms with Crippen LogP contribution in [0.25, 0.3) is 0 Å². The smallest absolute Gasteiger partial charge is 0.255 e. The van der Waals surface area contributed by atoms with Crippen LogP contribution in [-0.2, 0) is 0 Å². The maximum absolute atomic E-state index is 11.9. The number of phenols is 1. The van der Waals surface area contributed by atoms with E-state index in [1.807, 2.05) is 6.07 Å². The summed E-state index contributed by atoms with van der Waals surface area (Å²) in [5.74, 6) is -0.451. The van der Waals surface area contributed by atoms with Crippen LogP contribution < -0.4 is 11.1 Å². The molecule has 0 radical (unpaired) electrons. The van der Waals surface area contributed by atoms with Crippen LogP contribution in [0.2, 0.25) is 5.02 Å². The van der Waals surface area contributed by atoms with E-state index in [0.717, 1.165) is 0 Å². The van der Waals surface area contributed by atoms with Gasteiger partial charge in [0.25, 0.3) is 5.91 Å². The second kappa shape index (κ2) is 4.98. The van der Waals surface area contributed by atoms with Gasteiger partial charge in [-0.1, -0.05) is 29.8 Å². The number of phenolic OH excluding ortho intramolecular Hbond substituents is 1. The minimum absolute atomic E-state index is 0.124. The lowest BCUT2D eigenvalue weighted by Crippen LogP contribution is -2.11. The van der Waals surface area contributed by atoms with Crippen molar-refractivity contribution in [1.82, 2.24) is 0 Å². The topological polar surface area (TPSA) is 75.3 Å². The SMILES string of the molecule is Nc1cc(O)c(NC(=O)c2ccccc2)cc1Cl. The van der Waals surface area contributed by atoms with Gasteiger partial charge in [-0.3, -0.25) is 4.79 Å². The first-order chi connectivity index (χ1) is 8.58. The van der Waals surface area contributed by atoms with E-state index in [-0.39, 0.29) is 28.1 Å². The number of hydrogen-bond acceptors (Lipinski definition) is 3. The molecular formula is C13H11ClN2O2. The maximum atomic E-state index is 11.9. The molecule has 4 N–H and O–H groups in total. The van der Waals surface area contributed by atoms with Gasteiger partial charge in [0.1, 0.15) is 5.75 Å². The molecule has 0 aliphatic rings. The summed E-state index contributed by atoms with van der Waals surface area (Å²) in [6.45, 7) is 0. The predicted octanol–water partition coefficient (Wildman–Crippen LogP) is 2.88. The lowest BCUT2D eigenvalue weighted by atomic mass is 10.2. The molecule has 18 heavy (non-hydrogen) atoms. The summed E-state index contributed by atoms with van der Waals surface area (Å²) in [5, 5.41) is 12.5. The van der Waals surface area contributed by atoms with Crippen LogP contribution in [0.15, 0.2) is 42.5 Å². The molecule has 1 amide bonds. The Kier molecular flexibility index (Phi) is 3.39. The summed E-state index contributed by atoms with van der Waals surface area (Å²) in [6, 6.07) is 11.4. The van der Waals surface area contributed by atoms with Crippen LogP contribution >= 0.6 is 11.6 Å². The van der Waals surface area contributed by atoms with Gasteiger partial charge in [0, 0.05) is 11.6 Å². The number of amides is 1. The van der Waals surface area contributed by atoms with Gasteiger partial charge in [-0.05, 0) is 18.2 Å². The summed E-state index contributed by atoms with van der Waals surface area (Å²) in [5.41, 5.74) is 6.50. The van der Waals surface area contributed by atoms with Crippen LogP contribution in [0.1, 0.15) is 10.4 Å². The Labute approximate surface area is 109 Å². The minimum atomic E-state index is -0.327. The van der Waals surface area contributed by atoms with Gasteiger partial charge in [-0.25, -0.2) is 0 Å². The molecule has 2 rings (SSSR count). The molecule has 5 heteroatoms. The van der Waals surface area contributed by atoms with Gasteiger partial charge >= 0.3 is 0 Å². The Hall–Kier alpha value is -2.20. The zero-order valence-corrected chi connectivity index (χ0v) is 10.1. The molecule has 0 saturated heterocycles. The first kappa shape index (κ1) is 12.3. The molecule has 4 nitrogen and oxygen atoms in total. The van der Waals surface area contributed by atoms with Crippen LogP contribution in [0.3, 0.4) is 0 Å². The van der Waals surface area contributed by atoms with Crippen LogP contribution in [-0.4, -0.2) is 11.0 Å². The third-order valence-electron chi connectivity index (χ3n) is 2.40. The monoisotopic (exact) mass is 262 g/mol. The molecule has 0 bridgehead atoms. The highest BCUT2D eigenvalue weighted by molar-refractivity contribution is 6.33. The molecule has 0 aromatic heterocycles. The van der Waals surface area contributed by atoms with Crippen molar-refractivity contribution in [3.05, 3.63) is 53.1 Å². The zero-order valence-electron chi connectivity index (χ0n) is 9.35. The molecule has 2 aromatic carbocycles. The molecule has 0 spiro atoms. The molecule has 0 aliphatic heterocycles. The molecule has 0 unspecified atom stereocenters. The standard InChI is InChI=1S/C13H11ClN2O2/c14-9-6-11(12(17)7-10(9)15)16-13(18)8-4-2-1-3-5-8/h1-7,17H,15H2,(H,16,18). The zero-order chi connectivity index (χ0) is 13.1. The van der Waals surface area contributed by atoms with Crippen molar-refractivity contribution >= 4 is 28.9 Å². The number of nitrogen functional groups attached to an aromatic ring is 1. The number of carbonyl (C=O) groups is 1. The number of halogens is 1. The first-order valence-electron chi connectivity index (χ1n) is 5.22. The number of nitrogens with two attached hydrogens (primary N) is 1. The van der Waals surface area contributed by atoms with Gasteiger partial charge in [0.15, 0.2) is 0 Å². The number of hydrogen-bond donors (Lipinski definition) is 3. The summed E-state index contributed by atoms with van der Waals surface area (Å²) in [6.07, 6.45) is 0. The number of anilines is 2. The molecule has 2 aromatic rings. The van der Waals surface area contributed by atoms with Crippen molar-refractivity contribution in [2.75, 3.05) is 11.1 Å². The summed E-state index contributed by atoms with van der Waals surface area (Å²) in [7, 11) is 0. The Morgan fingerprint density at radius 1 is 1.22 bits per heavy atom. The van der Waals surface area contributed by atoms with E-state index in [9.17, 15) is 9.90 Å². The van der Waals surface area contributed by atoms with Gasteiger partial charge in [0.05, 0.1) is 16.4 Å². The lowest BCUT2D eigenvalue weighted by molar-refractivity contribution is 0.102. The normalized spacial score (nSPS) is 10.1. The lowest BCUT2D eigenvalue weighted by Gasteiger charge is -2.09. The molecular weight excluding hydrogens is 252 g/mol. The molecule has 92 valence electrons. The molecule has 0 fully saturated rings. The van der Waals surface area contributed by atoms with E-state index < -0.39 is 0 Å². The fraction of sp³-hybridized carbons (Fsp3) is 0. The van der Waals surface area contributed by atoms with Crippen LogP contribution in [0.4, 0.5) is 11.4 Å². The Morgan fingerprint density at radius 2 is 1.89 bits per heavy atom. The maximum Gasteiger partial charge on any atom is 0.255 e. The van der Waals surface area contributed by atoms with Crippen molar-refractivity contribution in [2.45, 2.75) is 0 Å². The van der Waals surface area contributed by atoms with Gasteiger partial charge < -0.3 is 16.2 Å². The summed E-state index contributed by atoms with van der Waals surface area (Å²) in [4.78, 5) is 11.9. The number of benzene rings is 2. The molecule has 0 atom stereocenters. The number of nitrogens with one attached hydrogen (secondary N) is 1. The van der Waals surface area contributed by atoms with Gasteiger partial charge in [0.2, 0.25) is 0 Å². The Balaban J connectivity index is 2.25. The van der Waals surface area contributed by atoms with E-state index in [1.54, 1.807) is 24.3 Å². The third-order valence-corrected chi connectivity index (χ3v) is 2.73. The van der Waals surface area contributed by atoms with E-state index >= 15 is 0 Å². The van der Waals surface area contributed by atoms with E-state index in [1.165, 1.54) is 12.1 Å². The van der Waals surface area contributed by atoms with Crippen molar-refractivity contribution in [1.29, 1.82) is 0 Å². The third kappa shape index (κ3) is 2.55. The highest BCUT2D eigenvalue weighted by Crippen LogP contribution is 2.32. The fourth-order valence-corrected chi connectivity index (χ4v) is 1.63. The van der Waals surface area contributed by atoms with Crippen molar-refractivity contribution in [3.8, 4) is 5.75 Å². The number of aromatic hydroxyl groups is 1. The van der Waals surface area contributed by atoms with E-state index in [2.05, 4.69) is 5.32 Å². The summed E-state index contributed by atoms with van der Waals surface area (Å²) >= 11 is 5.83. The second-order valence-electron chi connectivity index (χ2n) is 3.71. The minimum Gasteiger partial charge on any atom is -0.506 e. The first-order valence-corrected chi connectivity index (χ1v) is 5.60. The Morgan fingerprint density at radius 3 is 2.56 bits per heavy atom. The molecule has 0 heterocycles. The van der Waals surface area contributed by atoms with E-state index in [0.29, 0.717) is 5.56 Å². The van der Waals surface area contributed by atoms with Crippen molar-refractivity contribution in [3.63, 3.8) is 0 Å². The number of carbonyl (C=O) groups excluding carboxylic acids is 1. The predicted molar refractivity (Wildman–Crippen MR) is 71.9 cm³/mol. The van der Waals surface area contributed by atoms with E-state index in [4.69, 9.17) is 17.3 Å². The van der Waals surface area contributed by atoms with Gasteiger partial charge in [-0.15, -0.1) is 0 Å². The van der Waals surface area contributed by atoms with Gasteiger partial charge in [-0.2, -0.15) is 0 Å². The quantitative estimate of drug-likeness (QED) is 0.575. The second-order valence-corrected chi connectivity index (χ2v) is 4.12. The molecule has 0 aliphatic carbocycles. The highest BCUT2D eigenvalue weighted by Gasteiger charge is 2.10. The summed E-state index contributed by atoms with van der Waals surface area (Å²) < 4.78 is 0. The van der Waals surface area contributed by atoms with Crippen LogP contribution in [0, 0.1) is 0 Å². The average molecular weight is 263 g/mol.